The Kier molecular flexibility index (Phi) is 5.50. The zero-order valence-corrected chi connectivity index (χ0v) is 14.5. The fourth-order valence-corrected chi connectivity index (χ4v) is 2.76. The van der Waals surface area contributed by atoms with Gasteiger partial charge in [-0.1, -0.05) is 13.3 Å². The fraction of sp³-hybridized carbons (Fsp3) is 0.778. The number of hydrogen-bond acceptors (Lipinski definition) is 3. The van der Waals surface area contributed by atoms with Gasteiger partial charge in [-0.25, -0.2) is 0 Å². The molecule has 0 aromatic carbocycles. The molecule has 120 valence electrons. The summed E-state index contributed by atoms with van der Waals surface area (Å²) in [7, 11) is 0. The van der Waals surface area contributed by atoms with Crippen molar-refractivity contribution in [1.29, 1.82) is 0 Å². The van der Waals surface area contributed by atoms with E-state index in [9.17, 15) is 0 Å². The molecular weight excluding hydrogens is 260 g/mol. The average Bonchev–Trinajstić information content (AvgIpc) is 2.69. The molecule has 1 heterocycles. The van der Waals surface area contributed by atoms with E-state index < -0.39 is 0 Å². The first-order chi connectivity index (χ1) is 9.87. The SMILES string of the molecule is CCN(Cc1cc(C)c(CNC(C)(C)C)o1)CC1CCC1. The third-order valence-electron chi connectivity index (χ3n) is 4.42. The van der Waals surface area contributed by atoms with Gasteiger partial charge in [0, 0.05) is 12.1 Å². The van der Waals surface area contributed by atoms with E-state index >= 15 is 0 Å². The van der Waals surface area contributed by atoms with E-state index in [1.807, 2.05) is 0 Å². The van der Waals surface area contributed by atoms with Gasteiger partial charge in [-0.2, -0.15) is 0 Å². The first-order valence-corrected chi connectivity index (χ1v) is 8.43. The predicted molar refractivity (Wildman–Crippen MR) is 88.3 cm³/mol. The molecule has 0 spiro atoms. The van der Waals surface area contributed by atoms with Crippen molar-refractivity contribution >= 4 is 0 Å². The van der Waals surface area contributed by atoms with Crippen molar-refractivity contribution in [2.24, 2.45) is 5.92 Å². The fourth-order valence-electron chi connectivity index (χ4n) is 2.76. The Labute approximate surface area is 130 Å². The van der Waals surface area contributed by atoms with E-state index in [0.717, 1.165) is 37.1 Å². The van der Waals surface area contributed by atoms with Crippen LogP contribution in [0, 0.1) is 12.8 Å². The molecule has 1 aromatic heterocycles. The van der Waals surface area contributed by atoms with Crippen LogP contribution in [0.5, 0.6) is 0 Å². The molecule has 2 rings (SSSR count). The second-order valence-electron chi connectivity index (χ2n) is 7.55. The highest BCUT2D eigenvalue weighted by atomic mass is 16.3. The van der Waals surface area contributed by atoms with Crippen molar-refractivity contribution in [3.8, 4) is 0 Å². The molecule has 0 bridgehead atoms. The lowest BCUT2D eigenvalue weighted by Gasteiger charge is -2.31. The van der Waals surface area contributed by atoms with E-state index in [2.05, 4.69) is 50.9 Å². The number of aryl methyl sites for hydroxylation is 1. The van der Waals surface area contributed by atoms with Gasteiger partial charge in [-0.3, -0.25) is 4.90 Å². The molecular formula is C18H32N2O. The summed E-state index contributed by atoms with van der Waals surface area (Å²) in [6.45, 7) is 15.0. The Bertz CT molecular complexity index is 441. The first kappa shape index (κ1) is 16.6. The predicted octanol–water partition coefficient (Wildman–Crippen LogP) is 4.10. The summed E-state index contributed by atoms with van der Waals surface area (Å²) in [4.78, 5) is 2.52. The summed E-state index contributed by atoms with van der Waals surface area (Å²) in [6.07, 6.45) is 4.24. The van der Waals surface area contributed by atoms with Crippen molar-refractivity contribution < 1.29 is 4.42 Å². The van der Waals surface area contributed by atoms with Crippen LogP contribution in [0.2, 0.25) is 0 Å². The average molecular weight is 292 g/mol. The largest absolute Gasteiger partial charge is 0.463 e. The highest BCUT2D eigenvalue weighted by molar-refractivity contribution is 5.20. The summed E-state index contributed by atoms with van der Waals surface area (Å²) >= 11 is 0. The van der Waals surface area contributed by atoms with Gasteiger partial charge < -0.3 is 9.73 Å². The van der Waals surface area contributed by atoms with Crippen molar-refractivity contribution in [1.82, 2.24) is 10.2 Å². The highest BCUT2D eigenvalue weighted by Crippen LogP contribution is 2.27. The highest BCUT2D eigenvalue weighted by Gasteiger charge is 2.21. The molecule has 21 heavy (non-hydrogen) atoms. The Balaban J connectivity index is 1.90. The number of nitrogens with zero attached hydrogens (tertiary/aromatic N) is 1. The van der Waals surface area contributed by atoms with Crippen LogP contribution in [0.15, 0.2) is 10.5 Å². The molecule has 1 aromatic rings. The lowest BCUT2D eigenvalue weighted by Crippen LogP contribution is -2.35. The maximum absolute atomic E-state index is 6.07. The monoisotopic (exact) mass is 292 g/mol. The zero-order valence-electron chi connectivity index (χ0n) is 14.5. The number of furan rings is 1. The van der Waals surface area contributed by atoms with Crippen molar-refractivity contribution in [2.75, 3.05) is 13.1 Å². The van der Waals surface area contributed by atoms with Gasteiger partial charge in [0.1, 0.15) is 11.5 Å². The third kappa shape index (κ3) is 5.15. The molecule has 1 fully saturated rings. The van der Waals surface area contributed by atoms with Crippen LogP contribution in [0.3, 0.4) is 0 Å². The molecule has 3 nitrogen and oxygen atoms in total. The topological polar surface area (TPSA) is 28.4 Å². The van der Waals surface area contributed by atoms with Gasteiger partial charge in [0.15, 0.2) is 0 Å². The summed E-state index contributed by atoms with van der Waals surface area (Å²) in [5, 5.41) is 3.50. The molecule has 1 aliphatic carbocycles. The van der Waals surface area contributed by atoms with Crippen LogP contribution in [0.1, 0.15) is 64.0 Å². The molecule has 3 heteroatoms. The lowest BCUT2D eigenvalue weighted by molar-refractivity contribution is 0.168. The van der Waals surface area contributed by atoms with Crippen LogP contribution < -0.4 is 5.32 Å². The summed E-state index contributed by atoms with van der Waals surface area (Å²) < 4.78 is 6.07. The third-order valence-corrected chi connectivity index (χ3v) is 4.42. The molecule has 0 atom stereocenters. The minimum absolute atomic E-state index is 0.124. The minimum atomic E-state index is 0.124. The number of rotatable bonds is 7. The second-order valence-corrected chi connectivity index (χ2v) is 7.55. The van der Waals surface area contributed by atoms with Crippen LogP contribution in [-0.4, -0.2) is 23.5 Å². The molecule has 0 saturated heterocycles. The maximum atomic E-state index is 6.07. The molecule has 0 aliphatic heterocycles. The molecule has 1 saturated carbocycles. The van der Waals surface area contributed by atoms with Gasteiger partial charge in [-0.15, -0.1) is 0 Å². The normalized spacial score (nSPS) is 16.5. The van der Waals surface area contributed by atoms with Gasteiger partial charge in [0.25, 0.3) is 0 Å². The van der Waals surface area contributed by atoms with E-state index in [1.165, 1.54) is 31.4 Å². The number of hydrogen-bond donors (Lipinski definition) is 1. The van der Waals surface area contributed by atoms with Gasteiger partial charge in [0.2, 0.25) is 0 Å². The van der Waals surface area contributed by atoms with E-state index in [0.29, 0.717) is 0 Å². The van der Waals surface area contributed by atoms with Gasteiger partial charge in [0.05, 0.1) is 13.1 Å². The van der Waals surface area contributed by atoms with Crippen LogP contribution in [0.25, 0.3) is 0 Å². The number of nitrogens with one attached hydrogen (secondary N) is 1. The zero-order chi connectivity index (χ0) is 15.5. The molecule has 1 N–H and O–H groups in total. The van der Waals surface area contributed by atoms with Crippen molar-refractivity contribution in [3.05, 3.63) is 23.2 Å². The summed E-state index contributed by atoms with van der Waals surface area (Å²) in [5.41, 5.74) is 1.39. The minimum Gasteiger partial charge on any atom is -0.463 e. The molecule has 0 radical (unpaired) electrons. The smallest absolute Gasteiger partial charge is 0.120 e. The Hall–Kier alpha value is -0.800. The lowest BCUT2D eigenvalue weighted by atomic mass is 9.85. The maximum Gasteiger partial charge on any atom is 0.120 e. The van der Waals surface area contributed by atoms with Crippen molar-refractivity contribution in [3.63, 3.8) is 0 Å². The van der Waals surface area contributed by atoms with E-state index in [1.54, 1.807) is 0 Å². The summed E-state index contributed by atoms with van der Waals surface area (Å²) in [6, 6.07) is 2.21. The molecule has 0 amide bonds. The molecule has 0 unspecified atom stereocenters. The van der Waals surface area contributed by atoms with Crippen LogP contribution in [0.4, 0.5) is 0 Å². The Morgan fingerprint density at radius 2 is 2.05 bits per heavy atom. The van der Waals surface area contributed by atoms with Crippen LogP contribution >= 0.6 is 0 Å². The van der Waals surface area contributed by atoms with Gasteiger partial charge in [-0.05, 0) is 64.6 Å². The Morgan fingerprint density at radius 1 is 1.33 bits per heavy atom. The van der Waals surface area contributed by atoms with E-state index in [-0.39, 0.29) is 5.54 Å². The standard InChI is InChI=1S/C18H32N2O/c1-6-20(12-15-8-7-9-15)13-16-10-14(2)17(21-16)11-19-18(3,4)5/h10,15,19H,6-9,11-13H2,1-5H3. The quantitative estimate of drug-likeness (QED) is 0.820. The summed E-state index contributed by atoms with van der Waals surface area (Å²) in [5.74, 6) is 3.11. The van der Waals surface area contributed by atoms with Crippen LogP contribution in [-0.2, 0) is 13.1 Å². The van der Waals surface area contributed by atoms with E-state index in [4.69, 9.17) is 4.42 Å². The first-order valence-electron chi connectivity index (χ1n) is 8.43. The van der Waals surface area contributed by atoms with Crippen molar-refractivity contribution in [2.45, 2.75) is 72.5 Å². The second kappa shape index (κ2) is 6.97. The molecule has 1 aliphatic rings. The Morgan fingerprint density at radius 3 is 2.57 bits per heavy atom. The van der Waals surface area contributed by atoms with Gasteiger partial charge >= 0.3 is 0 Å².